The highest BCUT2D eigenvalue weighted by Gasteiger charge is 2.38. The second-order valence-electron chi connectivity index (χ2n) is 7.12. The lowest BCUT2D eigenvalue weighted by Crippen LogP contribution is -2.51. The van der Waals surface area contributed by atoms with Crippen molar-refractivity contribution in [1.29, 1.82) is 0 Å². The van der Waals surface area contributed by atoms with Gasteiger partial charge in [-0.15, -0.1) is 0 Å². The molecule has 2 aliphatic heterocycles. The van der Waals surface area contributed by atoms with Crippen molar-refractivity contribution in [3.63, 3.8) is 0 Å². The van der Waals surface area contributed by atoms with Gasteiger partial charge in [-0.3, -0.25) is 4.90 Å². The molecule has 0 saturated carbocycles. The Labute approximate surface area is 169 Å². The molecule has 0 spiro atoms. The fraction of sp³-hybridized carbons (Fsp3) is 0.318. The first-order valence-corrected chi connectivity index (χ1v) is 10.0. The van der Waals surface area contributed by atoms with E-state index in [1.807, 2.05) is 47.4 Å². The Kier molecular flexibility index (Phi) is 5.42. The number of halogens is 2. The SMILES string of the molecule is O=C(OCc1ccccc1)N1C2C=C(c3cc(Cl)ccc3Cl)CC1CCC2. The third-order valence-corrected chi connectivity index (χ3v) is 5.89. The van der Waals surface area contributed by atoms with Gasteiger partial charge in [-0.05, 0) is 60.6 Å². The summed E-state index contributed by atoms with van der Waals surface area (Å²) in [5, 5.41) is 1.37. The summed E-state index contributed by atoms with van der Waals surface area (Å²) in [6.45, 7) is 0.298. The normalized spacial score (nSPS) is 21.6. The molecule has 140 valence electrons. The Balaban J connectivity index is 1.53. The number of ether oxygens (including phenoxy) is 1. The fourth-order valence-corrected chi connectivity index (χ4v) is 4.46. The van der Waals surface area contributed by atoms with Crippen LogP contribution in [-0.2, 0) is 11.3 Å². The number of hydrogen-bond acceptors (Lipinski definition) is 2. The zero-order valence-corrected chi connectivity index (χ0v) is 16.4. The van der Waals surface area contributed by atoms with Crippen LogP contribution in [0.3, 0.4) is 0 Å². The van der Waals surface area contributed by atoms with Gasteiger partial charge in [-0.25, -0.2) is 4.79 Å². The molecule has 0 aliphatic carbocycles. The van der Waals surface area contributed by atoms with Crippen molar-refractivity contribution in [3.8, 4) is 0 Å². The summed E-state index contributed by atoms with van der Waals surface area (Å²) in [6.07, 6.45) is 5.74. The molecule has 0 aromatic heterocycles. The Morgan fingerprint density at radius 2 is 1.93 bits per heavy atom. The van der Waals surface area contributed by atoms with Crippen LogP contribution < -0.4 is 0 Å². The summed E-state index contributed by atoms with van der Waals surface area (Å²) in [5.41, 5.74) is 3.14. The molecule has 2 aromatic rings. The monoisotopic (exact) mass is 401 g/mol. The maximum atomic E-state index is 12.8. The van der Waals surface area contributed by atoms with Crippen LogP contribution in [0.15, 0.2) is 54.6 Å². The van der Waals surface area contributed by atoms with Crippen molar-refractivity contribution < 1.29 is 9.53 Å². The molecular weight excluding hydrogens is 381 g/mol. The number of carbonyl (C=O) groups is 1. The highest BCUT2D eigenvalue weighted by atomic mass is 35.5. The molecule has 27 heavy (non-hydrogen) atoms. The molecule has 2 bridgehead atoms. The van der Waals surface area contributed by atoms with Gasteiger partial charge >= 0.3 is 6.09 Å². The number of fused-ring (bicyclic) bond motifs is 2. The van der Waals surface area contributed by atoms with Crippen LogP contribution >= 0.6 is 23.2 Å². The van der Waals surface area contributed by atoms with Crippen LogP contribution in [0.25, 0.3) is 5.57 Å². The largest absolute Gasteiger partial charge is 0.445 e. The molecule has 2 aliphatic rings. The van der Waals surface area contributed by atoms with Crippen LogP contribution in [0, 0.1) is 0 Å². The first-order chi connectivity index (χ1) is 13.1. The van der Waals surface area contributed by atoms with Crippen molar-refractivity contribution in [2.24, 2.45) is 0 Å². The maximum Gasteiger partial charge on any atom is 0.410 e. The van der Waals surface area contributed by atoms with E-state index < -0.39 is 0 Å². The number of amides is 1. The Morgan fingerprint density at radius 3 is 2.70 bits per heavy atom. The Bertz CT molecular complexity index is 866. The zero-order chi connectivity index (χ0) is 18.8. The van der Waals surface area contributed by atoms with E-state index >= 15 is 0 Å². The van der Waals surface area contributed by atoms with E-state index in [1.54, 1.807) is 6.07 Å². The van der Waals surface area contributed by atoms with Gasteiger partial charge in [0.05, 0.1) is 6.04 Å². The molecule has 4 rings (SSSR count). The summed E-state index contributed by atoms with van der Waals surface area (Å²) in [5.74, 6) is 0. The third kappa shape index (κ3) is 3.99. The molecule has 3 nitrogen and oxygen atoms in total. The molecule has 0 N–H and O–H groups in total. The third-order valence-electron chi connectivity index (χ3n) is 5.33. The van der Waals surface area contributed by atoms with E-state index in [0.717, 1.165) is 36.8 Å². The minimum absolute atomic E-state index is 0.0471. The van der Waals surface area contributed by atoms with Gasteiger partial charge in [0.15, 0.2) is 0 Å². The van der Waals surface area contributed by atoms with E-state index in [4.69, 9.17) is 27.9 Å². The number of hydrogen-bond donors (Lipinski definition) is 0. The topological polar surface area (TPSA) is 29.5 Å². The molecule has 1 amide bonds. The van der Waals surface area contributed by atoms with Crippen molar-refractivity contribution in [3.05, 3.63) is 75.8 Å². The number of carbonyl (C=O) groups excluding carboxylic acids is 1. The van der Waals surface area contributed by atoms with Crippen LogP contribution in [0.5, 0.6) is 0 Å². The molecule has 2 unspecified atom stereocenters. The second-order valence-corrected chi connectivity index (χ2v) is 7.96. The average molecular weight is 402 g/mol. The maximum absolute atomic E-state index is 12.8. The Morgan fingerprint density at radius 1 is 1.11 bits per heavy atom. The lowest BCUT2D eigenvalue weighted by molar-refractivity contribution is 0.0510. The van der Waals surface area contributed by atoms with Gasteiger partial charge in [0.1, 0.15) is 6.61 Å². The minimum Gasteiger partial charge on any atom is -0.445 e. The average Bonchev–Trinajstić information content (AvgIpc) is 2.68. The van der Waals surface area contributed by atoms with Gasteiger partial charge in [-0.2, -0.15) is 0 Å². The number of benzene rings is 2. The van der Waals surface area contributed by atoms with Crippen LogP contribution in [0.4, 0.5) is 4.79 Å². The van der Waals surface area contributed by atoms with Crippen LogP contribution in [0.1, 0.15) is 36.8 Å². The van der Waals surface area contributed by atoms with Gasteiger partial charge in [0.25, 0.3) is 0 Å². The van der Waals surface area contributed by atoms with E-state index in [2.05, 4.69) is 6.08 Å². The molecule has 2 aromatic carbocycles. The predicted molar refractivity (Wildman–Crippen MR) is 109 cm³/mol. The van der Waals surface area contributed by atoms with Crippen molar-refractivity contribution in [1.82, 2.24) is 4.90 Å². The summed E-state index contributed by atoms with van der Waals surface area (Å²) >= 11 is 12.6. The number of rotatable bonds is 3. The molecule has 0 radical (unpaired) electrons. The van der Waals surface area contributed by atoms with Crippen molar-refractivity contribution in [2.75, 3.05) is 0 Å². The van der Waals surface area contributed by atoms with E-state index in [9.17, 15) is 4.79 Å². The molecule has 5 heteroatoms. The number of piperidine rings is 1. The summed E-state index contributed by atoms with van der Waals surface area (Å²) in [6, 6.07) is 15.5. The second kappa shape index (κ2) is 7.95. The lowest BCUT2D eigenvalue weighted by atomic mass is 9.83. The minimum atomic E-state index is -0.235. The van der Waals surface area contributed by atoms with E-state index in [-0.39, 0.29) is 18.2 Å². The van der Waals surface area contributed by atoms with Crippen LogP contribution in [-0.4, -0.2) is 23.1 Å². The van der Waals surface area contributed by atoms with Gasteiger partial charge in [0.2, 0.25) is 0 Å². The van der Waals surface area contributed by atoms with Gasteiger partial charge < -0.3 is 4.74 Å². The number of nitrogens with zero attached hydrogens (tertiary/aromatic N) is 1. The molecule has 1 fully saturated rings. The highest BCUT2D eigenvalue weighted by Crippen LogP contribution is 2.40. The predicted octanol–water partition coefficient (Wildman–Crippen LogP) is 6.34. The van der Waals surface area contributed by atoms with E-state index in [1.165, 1.54) is 5.57 Å². The van der Waals surface area contributed by atoms with E-state index in [0.29, 0.717) is 16.7 Å². The van der Waals surface area contributed by atoms with Crippen molar-refractivity contribution in [2.45, 2.75) is 44.4 Å². The quantitative estimate of drug-likeness (QED) is 0.600. The van der Waals surface area contributed by atoms with Gasteiger partial charge in [-0.1, -0.05) is 59.6 Å². The van der Waals surface area contributed by atoms with Gasteiger partial charge in [0, 0.05) is 16.1 Å². The molecule has 2 atom stereocenters. The highest BCUT2D eigenvalue weighted by molar-refractivity contribution is 6.34. The van der Waals surface area contributed by atoms with Crippen LogP contribution in [0.2, 0.25) is 10.0 Å². The smallest absolute Gasteiger partial charge is 0.410 e. The standard InChI is InChI=1S/C22H21Cl2NO2/c23-17-9-10-21(24)20(13-17)16-11-18-7-4-8-19(12-16)25(18)22(26)27-14-15-5-2-1-3-6-15/h1-3,5-6,9-11,13,18-19H,4,7-8,12,14H2. The lowest BCUT2D eigenvalue weighted by Gasteiger charge is -2.44. The first kappa shape index (κ1) is 18.4. The fourth-order valence-electron chi connectivity index (χ4n) is 4.05. The Hall–Kier alpha value is -1.97. The first-order valence-electron chi connectivity index (χ1n) is 9.27. The molecule has 2 heterocycles. The summed E-state index contributed by atoms with van der Waals surface area (Å²) in [7, 11) is 0. The molecular formula is C22H21Cl2NO2. The molecule has 1 saturated heterocycles. The van der Waals surface area contributed by atoms with Crippen molar-refractivity contribution >= 4 is 34.9 Å². The summed E-state index contributed by atoms with van der Waals surface area (Å²) in [4.78, 5) is 14.7. The zero-order valence-electron chi connectivity index (χ0n) is 14.9. The summed E-state index contributed by atoms with van der Waals surface area (Å²) < 4.78 is 5.60.